The van der Waals surface area contributed by atoms with Gasteiger partial charge in [0.25, 0.3) is 0 Å². The number of hydrogen-bond acceptors (Lipinski definition) is 3. The summed E-state index contributed by atoms with van der Waals surface area (Å²) < 4.78 is 2.37. The summed E-state index contributed by atoms with van der Waals surface area (Å²) in [5, 5.41) is 30.2. The van der Waals surface area contributed by atoms with Gasteiger partial charge < -0.3 is 4.57 Å². The highest BCUT2D eigenvalue weighted by Gasteiger charge is 2.14. The Morgan fingerprint density at radius 1 is 0.697 bits per heavy atom. The van der Waals surface area contributed by atoms with Crippen molar-refractivity contribution < 1.29 is 0 Å². The molecule has 0 saturated carbocycles. The van der Waals surface area contributed by atoms with Gasteiger partial charge in [-0.25, -0.2) is 0 Å². The molecule has 3 rings (SSSR count). The van der Waals surface area contributed by atoms with Gasteiger partial charge in [-0.2, -0.15) is 15.8 Å². The fourth-order valence-electron chi connectivity index (χ4n) is 4.61. The first-order chi connectivity index (χ1) is 16.2. The quantitative estimate of drug-likeness (QED) is 0.213. The predicted octanol–water partition coefficient (Wildman–Crippen LogP) is 8.04. The molecule has 0 saturated heterocycles. The third-order valence-electron chi connectivity index (χ3n) is 6.38. The van der Waals surface area contributed by atoms with E-state index in [9.17, 15) is 15.8 Å². The first kappa shape index (κ1) is 24.1. The van der Waals surface area contributed by atoms with Crippen LogP contribution in [0.3, 0.4) is 0 Å². The van der Waals surface area contributed by atoms with Crippen LogP contribution >= 0.6 is 0 Å². The van der Waals surface area contributed by atoms with E-state index in [4.69, 9.17) is 0 Å². The van der Waals surface area contributed by atoms with Crippen molar-refractivity contribution in [2.24, 2.45) is 0 Å². The molecular formula is C29H32N4. The Labute approximate surface area is 197 Å². The highest BCUT2D eigenvalue weighted by atomic mass is 15.0. The van der Waals surface area contributed by atoms with E-state index in [1.807, 2.05) is 42.5 Å². The van der Waals surface area contributed by atoms with Crippen LogP contribution in [-0.2, 0) is 6.54 Å². The van der Waals surface area contributed by atoms with Crippen LogP contribution < -0.4 is 0 Å². The summed E-state index contributed by atoms with van der Waals surface area (Å²) in [7, 11) is 0. The zero-order valence-corrected chi connectivity index (χ0v) is 19.6. The molecule has 2 aromatic carbocycles. The summed E-state index contributed by atoms with van der Waals surface area (Å²) in [5.74, 6) is 0. The van der Waals surface area contributed by atoms with Crippen molar-refractivity contribution >= 4 is 27.4 Å². The van der Waals surface area contributed by atoms with Gasteiger partial charge in [-0.3, -0.25) is 0 Å². The van der Waals surface area contributed by atoms with Crippen molar-refractivity contribution in [3.63, 3.8) is 0 Å². The number of aromatic nitrogens is 1. The lowest BCUT2D eigenvalue weighted by Gasteiger charge is -2.08. The number of rotatable bonds is 12. The number of allylic oxidation sites excluding steroid dienone is 2. The number of nitriles is 3. The fraction of sp³-hybridized carbons (Fsp3) is 0.414. The summed E-state index contributed by atoms with van der Waals surface area (Å²) in [6, 6.07) is 19.9. The minimum atomic E-state index is -0.147. The fourth-order valence-corrected chi connectivity index (χ4v) is 4.61. The monoisotopic (exact) mass is 436 g/mol. The zero-order chi connectivity index (χ0) is 23.5. The summed E-state index contributed by atoms with van der Waals surface area (Å²) in [5.41, 5.74) is 2.91. The van der Waals surface area contributed by atoms with Crippen LogP contribution in [0, 0.1) is 34.0 Å². The van der Waals surface area contributed by atoms with Crippen LogP contribution in [0.1, 0.15) is 76.7 Å². The molecule has 0 amide bonds. The lowest BCUT2D eigenvalue weighted by atomic mass is 10.00. The van der Waals surface area contributed by atoms with Gasteiger partial charge in [-0.1, -0.05) is 89.0 Å². The third kappa shape index (κ3) is 5.83. The summed E-state index contributed by atoms with van der Waals surface area (Å²) in [6.07, 6.45) is 13.1. The van der Waals surface area contributed by atoms with E-state index in [0.29, 0.717) is 5.56 Å². The number of para-hydroxylation sites is 1. The molecule has 0 aliphatic carbocycles. The van der Waals surface area contributed by atoms with E-state index >= 15 is 0 Å². The zero-order valence-electron chi connectivity index (χ0n) is 19.6. The van der Waals surface area contributed by atoms with Crippen LogP contribution in [0.15, 0.2) is 48.0 Å². The second-order valence-electron chi connectivity index (χ2n) is 8.67. The summed E-state index contributed by atoms with van der Waals surface area (Å²) in [6.45, 7) is 3.22. The van der Waals surface area contributed by atoms with Gasteiger partial charge in [-0.05, 0) is 30.2 Å². The van der Waals surface area contributed by atoms with Crippen LogP contribution in [0.4, 0.5) is 0 Å². The maximum absolute atomic E-state index is 9.55. The van der Waals surface area contributed by atoms with Crippen LogP contribution in [0.5, 0.6) is 0 Å². The molecule has 0 bridgehead atoms. The number of unbranched alkanes of at least 4 members (excludes halogenated alkanes) is 9. The molecule has 4 heteroatoms. The van der Waals surface area contributed by atoms with Gasteiger partial charge in [0, 0.05) is 28.4 Å². The minimum absolute atomic E-state index is 0.133. The summed E-state index contributed by atoms with van der Waals surface area (Å²) >= 11 is 0. The van der Waals surface area contributed by atoms with E-state index in [1.165, 1.54) is 63.3 Å². The Balaban J connectivity index is 1.73. The molecule has 33 heavy (non-hydrogen) atoms. The Morgan fingerprint density at radius 2 is 1.30 bits per heavy atom. The maximum atomic E-state index is 9.55. The molecule has 0 aliphatic heterocycles. The van der Waals surface area contributed by atoms with Gasteiger partial charge in [0.1, 0.15) is 23.8 Å². The molecular weight excluding hydrogens is 404 g/mol. The normalized spacial score (nSPS) is 10.6. The molecule has 0 unspecified atom stereocenters. The average molecular weight is 437 g/mol. The van der Waals surface area contributed by atoms with Crippen molar-refractivity contribution in [1.82, 2.24) is 4.57 Å². The lowest BCUT2D eigenvalue weighted by molar-refractivity contribution is 0.541. The molecule has 0 spiro atoms. The Kier molecular flexibility index (Phi) is 9.11. The number of hydrogen-bond donors (Lipinski definition) is 0. The van der Waals surface area contributed by atoms with Crippen molar-refractivity contribution in [2.75, 3.05) is 0 Å². The van der Waals surface area contributed by atoms with Crippen molar-refractivity contribution in [1.29, 1.82) is 15.8 Å². The SMILES string of the molecule is CCCCCCCCCCCCn1c2ccccc2c2cc(C(C#N)=C(C#N)C#N)ccc21. The van der Waals surface area contributed by atoms with Gasteiger partial charge in [0.15, 0.2) is 0 Å². The Morgan fingerprint density at radius 3 is 1.94 bits per heavy atom. The molecule has 1 aromatic heterocycles. The van der Waals surface area contributed by atoms with Gasteiger partial charge in [0.2, 0.25) is 0 Å². The number of benzene rings is 2. The number of aryl methyl sites for hydroxylation is 1. The molecule has 0 atom stereocenters. The second-order valence-corrected chi connectivity index (χ2v) is 8.67. The smallest absolute Gasteiger partial charge is 0.148 e. The molecule has 0 radical (unpaired) electrons. The van der Waals surface area contributed by atoms with Crippen LogP contribution in [0.25, 0.3) is 27.4 Å². The van der Waals surface area contributed by atoms with Gasteiger partial charge in [0.05, 0.1) is 5.57 Å². The average Bonchev–Trinajstić information content (AvgIpc) is 3.16. The Bertz CT molecular complexity index is 1220. The second kappa shape index (κ2) is 12.5. The van der Waals surface area contributed by atoms with Crippen LogP contribution in [-0.4, -0.2) is 4.57 Å². The number of nitrogens with zero attached hydrogens (tertiary/aromatic N) is 4. The molecule has 0 aliphatic rings. The van der Waals surface area contributed by atoms with Gasteiger partial charge >= 0.3 is 0 Å². The molecule has 3 aromatic rings. The largest absolute Gasteiger partial charge is 0.340 e. The third-order valence-corrected chi connectivity index (χ3v) is 6.38. The minimum Gasteiger partial charge on any atom is -0.340 e. The summed E-state index contributed by atoms with van der Waals surface area (Å²) in [4.78, 5) is 0. The van der Waals surface area contributed by atoms with Crippen LogP contribution in [0.2, 0.25) is 0 Å². The number of fused-ring (bicyclic) bond motifs is 3. The molecule has 168 valence electrons. The van der Waals surface area contributed by atoms with E-state index in [0.717, 1.165) is 29.3 Å². The van der Waals surface area contributed by atoms with Crippen molar-refractivity contribution in [3.8, 4) is 18.2 Å². The van der Waals surface area contributed by atoms with Crippen molar-refractivity contribution in [3.05, 3.63) is 53.6 Å². The molecule has 4 nitrogen and oxygen atoms in total. The van der Waals surface area contributed by atoms with E-state index < -0.39 is 0 Å². The standard InChI is InChI=1S/C29H32N4/c1-2-3-4-5-6-7-8-9-10-13-18-33-28-15-12-11-14-25(28)26-19-23(16-17-29(26)33)27(22-32)24(20-30)21-31/h11-12,14-17,19H,2-10,13,18H2,1H3. The molecule has 0 fully saturated rings. The van der Waals surface area contributed by atoms with E-state index in [1.54, 1.807) is 0 Å². The predicted molar refractivity (Wildman–Crippen MR) is 135 cm³/mol. The topological polar surface area (TPSA) is 76.3 Å². The Hall–Kier alpha value is -3.55. The van der Waals surface area contributed by atoms with E-state index in [-0.39, 0.29) is 11.1 Å². The first-order valence-electron chi connectivity index (χ1n) is 12.2. The first-order valence-corrected chi connectivity index (χ1v) is 12.2. The molecule has 0 N–H and O–H groups in total. The molecule has 1 heterocycles. The van der Waals surface area contributed by atoms with Crippen molar-refractivity contribution in [2.45, 2.75) is 77.7 Å². The highest BCUT2D eigenvalue weighted by molar-refractivity contribution is 6.09. The van der Waals surface area contributed by atoms with E-state index in [2.05, 4.69) is 29.7 Å². The van der Waals surface area contributed by atoms with Gasteiger partial charge in [-0.15, -0.1) is 0 Å². The maximum Gasteiger partial charge on any atom is 0.148 e. The highest BCUT2D eigenvalue weighted by Crippen LogP contribution is 2.32. The lowest BCUT2D eigenvalue weighted by Crippen LogP contribution is -1.98.